The molecule has 0 radical (unpaired) electrons. The van der Waals surface area contributed by atoms with Crippen molar-refractivity contribution in [3.05, 3.63) is 35.4 Å². The molecule has 1 aromatic carbocycles. The van der Waals surface area contributed by atoms with Crippen molar-refractivity contribution < 1.29 is 22.7 Å². The van der Waals surface area contributed by atoms with Crippen molar-refractivity contribution in [3.63, 3.8) is 0 Å². The maximum Gasteiger partial charge on any atom is 0.316 e. The van der Waals surface area contributed by atoms with Crippen LogP contribution in [0.2, 0.25) is 0 Å². The highest BCUT2D eigenvalue weighted by molar-refractivity contribution is 8.02. The normalized spacial score (nSPS) is 18.7. The first-order valence-electron chi connectivity index (χ1n) is 8.14. The van der Waals surface area contributed by atoms with Gasteiger partial charge in [0.2, 0.25) is 0 Å². The predicted molar refractivity (Wildman–Crippen MR) is 98.4 cm³/mol. The smallest absolute Gasteiger partial charge is 0.316 e. The number of ether oxygens (including phenoxy) is 1. The summed E-state index contributed by atoms with van der Waals surface area (Å²) in [4.78, 5) is 23.3. The summed E-state index contributed by atoms with van der Waals surface area (Å²) in [6.45, 7) is 2.19. The summed E-state index contributed by atoms with van der Waals surface area (Å²) < 4.78 is 27.6. The van der Waals surface area contributed by atoms with E-state index < -0.39 is 15.8 Å². The molecule has 1 atom stereocenters. The molecule has 1 amide bonds. The van der Waals surface area contributed by atoms with Crippen molar-refractivity contribution in [1.29, 1.82) is 0 Å². The van der Waals surface area contributed by atoms with Crippen LogP contribution < -0.4 is 5.32 Å². The number of benzene rings is 1. The van der Waals surface area contributed by atoms with Gasteiger partial charge in [0.15, 0.2) is 16.4 Å². The molecular formula is C17H23NO5S2. The Hall–Kier alpha value is -1.54. The lowest BCUT2D eigenvalue weighted by Gasteiger charge is -2.09. The third-order valence-electron chi connectivity index (χ3n) is 3.97. The van der Waals surface area contributed by atoms with Gasteiger partial charge >= 0.3 is 5.97 Å². The SMILES string of the molecule is Cc1ccccc1CCNC(=O)COC(=O)CS[C@@H]1CCS(=O)(=O)C1. The third-order valence-corrected chi connectivity index (χ3v) is 7.22. The molecule has 8 heteroatoms. The third kappa shape index (κ3) is 7.07. The van der Waals surface area contributed by atoms with E-state index in [1.54, 1.807) is 0 Å². The summed E-state index contributed by atoms with van der Waals surface area (Å²) in [6, 6.07) is 7.96. The number of thioether (sulfide) groups is 1. The zero-order chi connectivity index (χ0) is 18.3. The first-order chi connectivity index (χ1) is 11.9. The maximum atomic E-state index is 11.7. The topological polar surface area (TPSA) is 89.5 Å². The van der Waals surface area contributed by atoms with Crippen molar-refractivity contribution in [3.8, 4) is 0 Å². The highest BCUT2D eigenvalue weighted by atomic mass is 32.2. The van der Waals surface area contributed by atoms with E-state index in [2.05, 4.69) is 5.32 Å². The van der Waals surface area contributed by atoms with Gasteiger partial charge in [0.25, 0.3) is 5.91 Å². The van der Waals surface area contributed by atoms with Gasteiger partial charge in [0.1, 0.15) is 0 Å². The molecule has 0 aromatic heterocycles. The largest absolute Gasteiger partial charge is 0.455 e. The molecule has 0 bridgehead atoms. The van der Waals surface area contributed by atoms with Gasteiger partial charge in [0, 0.05) is 11.8 Å². The fourth-order valence-corrected chi connectivity index (χ4v) is 5.98. The number of hydrogen-bond acceptors (Lipinski definition) is 6. The van der Waals surface area contributed by atoms with E-state index in [-0.39, 0.29) is 35.0 Å². The zero-order valence-electron chi connectivity index (χ0n) is 14.2. The molecule has 0 spiro atoms. The van der Waals surface area contributed by atoms with Crippen LogP contribution >= 0.6 is 11.8 Å². The molecule has 1 heterocycles. The molecule has 138 valence electrons. The molecule has 1 fully saturated rings. The van der Waals surface area contributed by atoms with E-state index in [4.69, 9.17) is 4.74 Å². The van der Waals surface area contributed by atoms with Crippen molar-refractivity contribution in [2.24, 2.45) is 0 Å². The second-order valence-electron chi connectivity index (χ2n) is 6.02. The molecule has 25 heavy (non-hydrogen) atoms. The van der Waals surface area contributed by atoms with Gasteiger partial charge in [0.05, 0.1) is 17.3 Å². The number of esters is 1. The number of carbonyl (C=O) groups is 2. The van der Waals surface area contributed by atoms with E-state index in [1.807, 2.05) is 31.2 Å². The summed E-state index contributed by atoms with van der Waals surface area (Å²) in [7, 11) is -2.94. The average molecular weight is 386 g/mol. The van der Waals surface area contributed by atoms with Crippen LogP contribution in [-0.4, -0.2) is 56.0 Å². The summed E-state index contributed by atoms with van der Waals surface area (Å²) >= 11 is 1.28. The van der Waals surface area contributed by atoms with Crippen molar-refractivity contribution in [2.45, 2.75) is 25.0 Å². The number of hydrogen-bond donors (Lipinski definition) is 1. The Morgan fingerprint density at radius 1 is 1.32 bits per heavy atom. The van der Waals surface area contributed by atoms with Crippen LogP contribution in [0.25, 0.3) is 0 Å². The Kier molecular flexibility index (Phi) is 7.31. The van der Waals surface area contributed by atoms with Crippen LogP contribution in [0.15, 0.2) is 24.3 Å². The van der Waals surface area contributed by atoms with Gasteiger partial charge in [-0.2, -0.15) is 0 Å². The molecule has 0 saturated carbocycles. The molecule has 0 unspecified atom stereocenters. The first-order valence-corrected chi connectivity index (χ1v) is 11.0. The fourth-order valence-electron chi connectivity index (χ4n) is 2.54. The van der Waals surface area contributed by atoms with Crippen LogP contribution in [0.1, 0.15) is 17.5 Å². The van der Waals surface area contributed by atoms with Gasteiger partial charge in [-0.05, 0) is 30.9 Å². The number of amides is 1. The lowest BCUT2D eigenvalue weighted by Crippen LogP contribution is -2.31. The summed E-state index contributed by atoms with van der Waals surface area (Å²) in [5.74, 6) is -0.469. The Morgan fingerprint density at radius 3 is 2.76 bits per heavy atom. The van der Waals surface area contributed by atoms with E-state index in [9.17, 15) is 18.0 Å². The van der Waals surface area contributed by atoms with E-state index in [1.165, 1.54) is 22.9 Å². The number of rotatable bonds is 8. The average Bonchev–Trinajstić information content (AvgIpc) is 2.92. The molecule has 0 aliphatic carbocycles. The summed E-state index contributed by atoms with van der Waals surface area (Å²) in [6.07, 6.45) is 1.29. The molecule has 6 nitrogen and oxygen atoms in total. The van der Waals surface area contributed by atoms with Crippen molar-refractivity contribution in [1.82, 2.24) is 5.32 Å². The van der Waals surface area contributed by atoms with Crippen LogP contribution in [0.5, 0.6) is 0 Å². The second-order valence-corrected chi connectivity index (χ2v) is 9.54. The minimum absolute atomic E-state index is 0.0551. The summed E-state index contributed by atoms with van der Waals surface area (Å²) in [5, 5.41) is 2.66. The molecule has 1 saturated heterocycles. The lowest BCUT2D eigenvalue weighted by molar-refractivity contribution is -0.145. The van der Waals surface area contributed by atoms with Gasteiger partial charge < -0.3 is 10.1 Å². The second kappa shape index (κ2) is 9.24. The Labute approximate surface area is 152 Å². The Morgan fingerprint density at radius 2 is 2.08 bits per heavy atom. The number of carbonyl (C=O) groups excluding carboxylic acids is 2. The van der Waals surface area contributed by atoms with Crippen LogP contribution in [-0.2, 0) is 30.6 Å². The molecule has 1 aliphatic heterocycles. The summed E-state index contributed by atoms with van der Waals surface area (Å²) in [5.41, 5.74) is 2.34. The number of sulfone groups is 1. The van der Waals surface area contributed by atoms with E-state index in [0.717, 1.165) is 6.42 Å². The molecule has 1 aliphatic rings. The minimum Gasteiger partial charge on any atom is -0.455 e. The van der Waals surface area contributed by atoms with Crippen molar-refractivity contribution in [2.75, 3.05) is 30.4 Å². The van der Waals surface area contributed by atoms with Crippen LogP contribution in [0, 0.1) is 6.92 Å². The zero-order valence-corrected chi connectivity index (χ0v) is 15.8. The van der Waals surface area contributed by atoms with Gasteiger partial charge in [-0.25, -0.2) is 8.42 Å². The first kappa shape index (κ1) is 19.8. The fraction of sp³-hybridized carbons (Fsp3) is 0.529. The van der Waals surface area contributed by atoms with Gasteiger partial charge in [-0.1, -0.05) is 24.3 Å². The minimum atomic E-state index is -2.94. The van der Waals surface area contributed by atoms with Gasteiger partial charge in [-0.15, -0.1) is 11.8 Å². The number of nitrogens with one attached hydrogen (secondary N) is 1. The Bertz CT molecular complexity index is 718. The number of aryl methyl sites for hydroxylation is 1. The highest BCUT2D eigenvalue weighted by Gasteiger charge is 2.28. The van der Waals surface area contributed by atoms with Gasteiger partial charge in [-0.3, -0.25) is 9.59 Å². The standard InChI is InChI=1S/C17H23NO5S2/c1-13-4-2-3-5-14(13)6-8-18-16(19)10-23-17(20)11-24-15-7-9-25(21,22)12-15/h2-5,15H,6-12H2,1H3,(H,18,19)/t15-/m1/s1. The molecule has 1 aromatic rings. The van der Waals surface area contributed by atoms with Crippen LogP contribution in [0.3, 0.4) is 0 Å². The maximum absolute atomic E-state index is 11.7. The molecule has 1 N–H and O–H groups in total. The van der Waals surface area contributed by atoms with E-state index in [0.29, 0.717) is 13.0 Å². The molecular weight excluding hydrogens is 362 g/mol. The molecule has 2 rings (SSSR count). The highest BCUT2D eigenvalue weighted by Crippen LogP contribution is 2.24. The van der Waals surface area contributed by atoms with Crippen LogP contribution in [0.4, 0.5) is 0 Å². The lowest BCUT2D eigenvalue weighted by atomic mass is 10.1. The Balaban J connectivity index is 1.58. The monoisotopic (exact) mass is 385 g/mol. The predicted octanol–water partition coefficient (Wildman–Crippen LogP) is 1.12. The van der Waals surface area contributed by atoms with E-state index >= 15 is 0 Å². The van der Waals surface area contributed by atoms with Crippen molar-refractivity contribution >= 4 is 33.5 Å². The quantitative estimate of drug-likeness (QED) is 0.675.